The number of nitrogens with one attached hydrogen (secondary N) is 1. The van der Waals surface area contributed by atoms with E-state index in [1.807, 2.05) is 0 Å². The van der Waals surface area contributed by atoms with Gasteiger partial charge in [0.25, 0.3) is 5.91 Å². The average molecular weight is 319 g/mol. The van der Waals surface area contributed by atoms with Crippen molar-refractivity contribution in [1.29, 1.82) is 0 Å². The van der Waals surface area contributed by atoms with Crippen LogP contribution in [-0.2, 0) is 0 Å². The van der Waals surface area contributed by atoms with Gasteiger partial charge in [0, 0.05) is 11.8 Å². The van der Waals surface area contributed by atoms with Crippen molar-refractivity contribution in [3.8, 4) is 23.0 Å². The highest BCUT2D eigenvalue weighted by Gasteiger charge is 2.21. The van der Waals surface area contributed by atoms with Crippen molar-refractivity contribution in [2.45, 2.75) is 0 Å². The van der Waals surface area contributed by atoms with E-state index < -0.39 is 11.7 Å². The number of carbonyl (C=O) groups excluding carboxylic acids is 1. The van der Waals surface area contributed by atoms with Gasteiger partial charge in [-0.05, 0) is 24.3 Å². The first-order chi connectivity index (χ1) is 11.1. The number of anilines is 1. The summed E-state index contributed by atoms with van der Waals surface area (Å²) in [5.41, 5.74) is 0.314. The van der Waals surface area contributed by atoms with Gasteiger partial charge in [-0.1, -0.05) is 0 Å². The van der Waals surface area contributed by atoms with Gasteiger partial charge in [-0.2, -0.15) is 0 Å². The number of rotatable bonds is 4. The van der Waals surface area contributed by atoms with Gasteiger partial charge < -0.3 is 24.3 Å². The Morgan fingerprint density at radius 1 is 1.13 bits per heavy atom. The molecule has 120 valence electrons. The van der Waals surface area contributed by atoms with Crippen molar-refractivity contribution in [1.82, 2.24) is 0 Å². The van der Waals surface area contributed by atoms with Crippen molar-refractivity contribution in [3.05, 3.63) is 41.7 Å². The number of methoxy groups -OCH3 is 2. The van der Waals surface area contributed by atoms with Crippen LogP contribution in [0.4, 0.5) is 10.1 Å². The van der Waals surface area contributed by atoms with E-state index in [9.17, 15) is 9.18 Å². The third-order valence-corrected chi connectivity index (χ3v) is 3.36. The molecule has 0 fully saturated rings. The van der Waals surface area contributed by atoms with E-state index in [0.29, 0.717) is 17.2 Å². The Hall–Kier alpha value is -2.96. The summed E-state index contributed by atoms with van der Waals surface area (Å²) in [5.74, 6) is -0.182. The molecular formula is C16H14FNO5. The van der Waals surface area contributed by atoms with Crippen LogP contribution in [0, 0.1) is 5.82 Å². The minimum Gasteiger partial charge on any atom is -0.493 e. The molecule has 0 atom stereocenters. The van der Waals surface area contributed by atoms with E-state index in [-0.39, 0.29) is 23.9 Å². The number of halogens is 1. The van der Waals surface area contributed by atoms with Crippen LogP contribution in [0.1, 0.15) is 10.4 Å². The fraction of sp³-hybridized carbons (Fsp3) is 0.188. The van der Waals surface area contributed by atoms with Gasteiger partial charge in [0.2, 0.25) is 6.79 Å². The highest BCUT2D eigenvalue weighted by Crippen LogP contribution is 2.35. The summed E-state index contributed by atoms with van der Waals surface area (Å²) in [7, 11) is 2.70. The first-order valence-electron chi connectivity index (χ1n) is 6.75. The maximum atomic E-state index is 14.4. The molecule has 0 spiro atoms. The lowest BCUT2D eigenvalue weighted by Crippen LogP contribution is -2.14. The van der Waals surface area contributed by atoms with E-state index in [1.165, 1.54) is 26.4 Å². The topological polar surface area (TPSA) is 66.0 Å². The van der Waals surface area contributed by atoms with E-state index in [0.717, 1.165) is 0 Å². The smallest absolute Gasteiger partial charge is 0.258 e. The number of ether oxygens (including phenoxy) is 4. The van der Waals surface area contributed by atoms with Crippen LogP contribution in [0.5, 0.6) is 23.0 Å². The largest absolute Gasteiger partial charge is 0.493 e. The van der Waals surface area contributed by atoms with E-state index in [2.05, 4.69) is 5.32 Å². The SMILES string of the molecule is COc1ccc(C(=O)Nc2ccc3c(c2)OCO3)c(F)c1OC. The van der Waals surface area contributed by atoms with Crippen molar-refractivity contribution >= 4 is 11.6 Å². The second-order valence-electron chi connectivity index (χ2n) is 4.68. The van der Waals surface area contributed by atoms with Crippen LogP contribution in [0.15, 0.2) is 30.3 Å². The minimum atomic E-state index is -0.787. The third kappa shape index (κ3) is 2.73. The molecule has 0 unspecified atom stereocenters. The summed E-state index contributed by atoms with van der Waals surface area (Å²) < 4.78 is 34.8. The third-order valence-electron chi connectivity index (χ3n) is 3.36. The average Bonchev–Trinajstić information content (AvgIpc) is 3.01. The van der Waals surface area contributed by atoms with Crippen molar-refractivity contribution < 1.29 is 28.1 Å². The monoisotopic (exact) mass is 319 g/mol. The lowest BCUT2D eigenvalue weighted by Gasteiger charge is -2.12. The maximum Gasteiger partial charge on any atom is 0.258 e. The molecule has 2 aromatic carbocycles. The summed E-state index contributed by atoms with van der Waals surface area (Å²) in [6.07, 6.45) is 0. The molecule has 1 N–H and O–H groups in total. The van der Waals surface area contributed by atoms with Crippen LogP contribution in [0.3, 0.4) is 0 Å². The first-order valence-corrected chi connectivity index (χ1v) is 6.75. The summed E-state index contributed by atoms with van der Waals surface area (Å²) >= 11 is 0. The van der Waals surface area contributed by atoms with Crippen LogP contribution < -0.4 is 24.3 Å². The Bertz CT molecular complexity index is 762. The molecule has 1 heterocycles. The van der Waals surface area contributed by atoms with Crippen LogP contribution >= 0.6 is 0 Å². The number of fused-ring (bicyclic) bond motifs is 1. The zero-order valence-corrected chi connectivity index (χ0v) is 12.5. The molecule has 7 heteroatoms. The number of amides is 1. The van der Waals surface area contributed by atoms with Gasteiger partial charge in [0.15, 0.2) is 28.8 Å². The molecule has 2 aromatic rings. The maximum absolute atomic E-state index is 14.4. The molecule has 6 nitrogen and oxygen atoms in total. The Morgan fingerprint density at radius 2 is 1.91 bits per heavy atom. The molecule has 1 aliphatic heterocycles. The normalized spacial score (nSPS) is 12.0. The van der Waals surface area contributed by atoms with Crippen LogP contribution in [0.2, 0.25) is 0 Å². The standard InChI is InChI=1S/C16H14FNO5/c1-20-12-6-4-10(14(17)15(12)21-2)16(19)18-9-3-5-11-13(7-9)23-8-22-11/h3-7H,8H2,1-2H3,(H,18,19). The molecule has 0 radical (unpaired) electrons. The molecule has 1 aliphatic rings. The molecule has 0 saturated heterocycles. The molecule has 3 rings (SSSR count). The first kappa shape index (κ1) is 15.0. The van der Waals surface area contributed by atoms with Gasteiger partial charge in [-0.25, -0.2) is 4.39 Å². The van der Waals surface area contributed by atoms with Gasteiger partial charge in [0.1, 0.15) is 0 Å². The minimum absolute atomic E-state index is 0.120. The van der Waals surface area contributed by atoms with Crippen molar-refractivity contribution in [3.63, 3.8) is 0 Å². The predicted octanol–water partition coefficient (Wildman–Crippen LogP) is 2.82. The Morgan fingerprint density at radius 3 is 2.65 bits per heavy atom. The van der Waals surface area contributed by atoms with Crippen LogP contribution in [0.25, 0.3) is 0 Å². The van der Waals surface area contributed by atoms with Gasteiger partial charge in [-0.15, -0.1) is 0 Å². The van der Waals surface area contributed by atoms with Crippen molar-refractivity contribution in [2.24, 2.45) is 0 Å². The van der Waals surface area contributed by atoms with Gasteiger partial charge in [0.05, 0.1) is 19.8 Å². The highest BCUT2D eigenvalue weighted by atomic mass is 19.1. The number of benzene rings is 2. The summed E-state index contributed by atoms with van der Waals surface area (Å²) in [4.78, 5) is 12.3. The zero-order chi connectivity index (χ0) is 16.4. The fourth-order valence-corrected chi connectivity index (χ4v) is 2.24. The molecule has 0 aliphatic carbocycles. The van der Waals surface area contributed by atoms with Crippen LogP contribution in [-0.4, -0.2) is 26.9 Å². The molecule has 23 heavy (non-hydrogen) atoms. The number of hydrogen-bond donors (Lipinski definition) is 1. The summed E-state index contributed by atoms with van der Waals surface area (Å²) in [5, 5.41) is 2.61. The summed E-state index contributed by atoms with van der Waals surface area (Å²) in [6, 6.07) is 7.72. The van der Waals surface area contributed by atoms with Gasteiger partial charge in [-0.3, -0.25) is 4.79 Å². The quantitative estimate of drug-likeness (QED) is 0.938. The molecule has 1 amide bonds. The van der Waals surface area contributed by atoms with Gasteiger partial charge >= 0.3 is 0 Å². The molecule has 0 saturated carbocycles. The van der Waals surface area contributed by atoms with E-state index in [4.69, 9.17) is 18.9 Å². The second-order valence-corrected chi connectivity index (χ2v) is 4.68. The van der Waals surface area contributed by atoms with Crippen molar-refractivity contribution in [2.75, 3.05) is 26.3 Å². The lowest BCUT2D eigenvalue weighted by atomic mass is 10.1. The lowest BCUT2D eigenvalue weighted by molar-refractivity contribution is 0.102. The number of carbonyl (C=O) groups is 1. The molecular weight excluding hydrogens is 305 g/mol. The molecule has 0 bridgehead atoms. The Balaban J connectivity index is 1.86. The fourth-order valence-electron chi connectivity index (χ4n) is 2.24. The number of hydrogen-bond acceptors (Lipinski definition) is 5. The molecule has 0 aromatic heterocycles. The zero-order valence-electron chi connectivity index (χ0n) is 12.5. The highest BCUT2D eigenvalue weighted by molar-refractivity contribution is 6.05. The Labute approximate surface area is 131 Å². The second kappa shape index (κ2) is 6.04. The Kier molecular flexibility index (Phi) is 3.92. The van der Waals surface area contributed by atoms with E-state index in [1.54, 1.807) is 18.2 Å². The van der Waals surface area contributed by atoms with E-state index >= 15 is 0 Å². The predicted molar refractivity (Wildman–Crippen MR) is 80.0 cm³/mol. The summed E-state index contributed by atoms with van der Waals surface area (Å²) in [6.45, 7) is 0.136.